The molecule has 1 rings (SSSR count). The first kappa shape index (κ1) is 12.5. The Balaban J connectivity index is 2.68. The van der Waals surface area contributed by atoms with Crippen molar-refractivity contribution in [1.29, 1.82) is 0 Å². The van der Waals surface area contributed by atoms with E-state index in [1.807, 2.05) is 19.9 Å². The van der Waals surface area contributed by atoms with Gasteiger partial charge in [0.05, 0.1) is 6.61 Å². The summed E-state index contributed by atoms with van der Waals surface area (Å²) < 4.78 is 5.35. The van der Waals surface area contributed by atoms with Crippen LogP contribution >= 0.6 is 0 Å². The molecular weight excluding hydrogens is 202 g/mol. The van der Waals surface area contributed by atoms with E-state index in [0.717, 1.165) is 12.4 Å². The second-order valence-electron chi connectivity index (χ2n) is 3.73. The Kier molecular flexibility index (Phi) is 4.76. The Morgan fingerprint density at radius 2 is 2.19 bits per heavy atom. The number of hydrogen-bond acceptors (Lipinski definition) is 4. The van der Waals surface area contributed by atoms with Crippen molar-refractivity contribution in [2.45, 2.75) is 27.7 Å². The number of ether oxygens (including phenoxy) is 1. The van der Waals surface area contributed by atoms with Crippen molar-refractivity contribution in [3.05, 3.63) is 23.5 Å². The molecule has 0 radical (unpaired) electrons. The number of allylic oxidation sites excluding steroid dienone is 1. The maximum Gasteiger partial charge on any atom is 0.218 e. The van der Waals surface area contributed by atoms with Gasteiger partial charge in [0.2, 0.25) is 5.88 Å². The second-order valence-corrected chi connectivity index (χ2v) is 3.73. The Hall–Kier alpha value is -1.58. The van der Waals surface area contributed by atoms with E-state index in [0.29, 0.717) is 18.3 Å². The molecule has 4 nitrogen and oxygen atoms in total. The fourth-order valence-corrected chi connectivity index (χ4v) is 1.21. The molecule has 1 aromatic rings. The zero-order valence-corrected chi connectivity index (χ0v) is 10.4. The normalized spacial score (nSPS) is 9.75. The number of rotatable bonds is 5. The molecule has 1 aromatic heterocycles. The van der Waals surface area contributed by atoms with Gasteiger partial charge in [-0.1, -0.05) is 11.6 Å². The number of anilines is 1. The fourth-order valence-electron chi connectivity index (χ4n) is 1.21. The summed E-state index contributed by atoms with van der Waals surface area (Å²) in [5, 5.41) is 3.21. The van der Waals surface area contributed by atoms with Crippen LogP contribution in [0.2, 0.25) is 0 Å². The number of aromatic nitrogens is 2. The highest BCUT2D eigenvalue weighted by molar-refractivity contribution is 5.39. The van der Waals surface area contributed by atoms with E-state index in [4.69, 9.17) is 4.74 Å². The molecule has 1 N–H and O–H groups in total. The molecule has 4 heteroatoms. The van der Waals surface area contributed by atoms with E-state index in [-0.39, 0.29) is 0 Å². The van der Waals surface area contributed by atoms with E-state index in [1.165, 1.54) is 5.57 Å². The smallest absolute Gasteiger partial charge is 0.218 e. The van der Waals surface area contributed by atoms with Crippen molar-refractivity contribution in [2.75, 3.05) is 18.5 Å². The zero-order valence-electron chi connectivity index (χ0n) is 10.4. The predicted octanol–water partition coefficient (Wildman–Crippen LogP) is 2.56. The number of nitrogens with zero attached hydrogens (tertiary/aromatic N) is 2. The average molecular weight is 221 g/mol. The largest absolute Gasteiger partial charge is 0.478 e. The minimum atomic E-state index is 0.615. The molecule has 0 fully saturated rings. The molecular formula is C12H19N3O. The molecule has 0 aliphatic rings. The van der Waals surface area contributed by atoms with Crippen LogP contribution in [0, 0.1) is 6.92 Å². The number of aryl methyl sites for hydroxylation is 1. The van der Waals surface area contributed by atoms with Gasteiger partial charge < -0.3 is 10.1 Å². The summed E-state index contributed by atoms with van der Waals surface area (Å²) in [6, 6.07) is 1.81. The highest BCUT2D eigenvalue weighted by atomic mass is 16.5. The summed E-state index contributed by atoms with van der Waals surface area (Å²) in [6.07, 6.45) is 2.11. The van der Waals surface area contributed by atoms with Gasteiger partial charge in [-0.05, 0) is 27.7 Å². The summed E-state index contributed by atoms with van der Waals surface area (Å²) in [5.41, 5.74) is 1.28. The van der Waals surface area contributed by atoms with Crippen molar-refractivity contribution < 1.29 is 4.74 Å². The lowest BCUT2D eigenvalue weighted by molar-refractivity contribution is 0.325. The molecule has 0 saturated heterocycles. The van der Waals surface area contributed by atoms with Crippen molar-refractivity contribution in [3.63, 3.8) is 0 Å². The van der Waals surface area contributed by atoms with Crippen LogP contribution in [0.1, 0.15) is 26.6 Å². The van der Waals surface area contributed by atoms with Crippen LogP contribution in [0.25, 0.3) is 0 Å². The van der Waals surface area contributed by atoms with Crippen molar-refractivity contribution in [2.24, 2.45) is 0 Å². The van der Waals surface area contributed by atoms with Crippen LogP contribution < -0.4 is 10.1 Å². The lowest BCUT2D eigenvalue weighted by atomic mass is 10.3. The van der Waals surface area contributed by atoms with Crippen molar-refractivity contribution in [1.82, 2.24) is 9.97 Å². The van der Waals surface area contributed by atoms with Gasteiger partial charge in [0.1, 0.15) is 11.6 Å². The van der Waals surface area contributed by atoms with Gasteiger partial charge >= 0.3 is 0 Å². The van der Waals surface area contributed by atoms with Crippen molar-refractivity contribution in [3.8, 4) is 5.88 Å². The molecule has 0 unspecified atom stereocenters. The van der Waals surface area contributed by atoms with E-state index < -0.39 is 0 Å². The van der Waals surface area contributed by atoms with Crippen LogP contribution in [-0.4, -0.2) is 23.1 Å². The molecule has 0 bridgehead atoms. The average Bonchev–Trinajstić information content (AvgIpc) is 2.16. The zero-order chi connectivity index (χ0) is 12.0. The molecule has 16 heavy (non-hydrogen) atoms. The fraction of sp³-hybridized carbons (Fsp3) is 0.500. The van der Waals surface area contributed by atoms with Gasteiger partial charge in [0, 0.05) is 12.6 Å². The highest BCUT2D eigenvalue weighted by Crippen LogP contribution is 2.12. The van der Waals surface area contributed by atoms with E-state index >= 15 is 0 Å². The van der Waals surface area contributed by atoms with Crippen LogP contribution in [0.15, 0.2) is 17.7 Å². The minimum Gasteiger partial charge on any atom is -0.478 e. The Morgan fingerprint density at radius 1 is 1.44 bits per heavy atom. The summed E-state index contributed by atoms with van der Waals surface area (Å²) in [4.78, 5) is 8.46. The van der Waals surface area contributed by atoms with Gasteiger partial charge in [0.25, 0.3) is 0 Å². The van der Waals surface area contributed by atoms with Gasteiger partial charge in [0.15, 0.2) is 0 Å². The SMILES string of the molecule is CCOc1cc(NCC=C(C)C)nc(C)n1. The van der Waals surface area contributed by atoms with E-state index in [9.17, 15) is 0 Å². The van der Waals surface area contributed by atoms with Gasteiger partial charge in [-0.2, -0.15) is 4.98 Å². The second kappa shape index (κ2) is 6.10. The topological polar surface area (TPSA) is 47.0 Å². The number of nitrogens with one attached hydrogen (secondary N) is 1. The maximum atomic E-state index is 5.35. The summed E-state index contributed by atoms with van der Waals surface area (Å²) in [5.74, 6) is 2.13. The maximum absolute atomic E-state index is 5.35. The monoisotopic (exact) mass is 221 g/mol. The van der Waals surface area contributed by atoms with Crippen LogP contribution in [-0.2, 0) is 0 Å². The lowest BCUT2D eigenvalue weighted by Gasteiger charge is -2.07. The minimum absolute atomic E-state index is 0.615. The predicted molar refractivity (Wildman–Crippen MR) is 65.9 cm³/mol. The molecule has 0 aromatic carbocycles. The molecule has 0 amide bonds. The Bertz CT molecular complexity index is 371. The molecule has 0 aliphatic heterocycles. The van der Waals surface area contributed by atoms with E-state index in [2.05, 4.69) is 35.2 Å². The Morgan fingerprint density at radius 3 is 2.81 bits per heavy atom. The third-order valence-electron chi connectivity index (χ3n) is 1.90. The third-order valence-corrected chi connectivity index (χ3v) is 1.90. The lowest BCUT2D eigenvalue weighted by Crippen LogP contribution is -2.05. The highest BCUT2D eigenvalue weighted by Gasteiger charge is 2.00. The summed E-state index contributed by atoms with van der Waals surface area (Å²) in [7, 11) is 0. The molecule has 0 saturated carbocycles. The molecule has 0 atom stereocenters. The molecule has 88 valence electrons. The quantitative estimate of drug-likeness (QED) is 0.776. The first-order chi connectivity index (χ1) is 7.61. The van der Waals surface area contributed by atoms with Gasteiger partial charge in [-0.3, -0.25) is 0 Å². The first-order valence-electron chi connectivity index (χ1n) is 5.47. The molecule has 1 heterocycles. The van der Waals surface area contributed by atoms with Crippen LogP contribution in [0.3, 0.4) is 0 Å². The van der Waals surface area contributed by atoms with Crippen molar-refractivity contribution >= 4 is 5.82 Å². The molecule has 0 aliphatic carbocycles. The third kappa shape index (κ3) is 4.29. The molecule has 0 spiro atoms. The standard InChI is InChI=1S/C12H19N3O/c1-5-16-12-8-11(14-10(4)15-12)13-7-6-9(2)3/h6,8H,5,7H2,1-4H3,(H,13,14,15). The Labute approximate surface area is 96.8 Å². The first-order valence-corrected chi connectivity index (χ1v) is 5.47. The number of hydrogen-bond donors (Lipinski definition) is 1. The van der Waals surface area contributed by atoms with Crippen LogP contribution in [0.4, 0.5) is 5.82 Å². The summed E-state index contributed by atoms with van der Waals surface area (Å²) in [6.45, 7) is 9.31. The van der Waals surface area contributed by atoms with Gasteiger partial charge in [-0.15, -0.1) is 0 Å². The van der Waals surface area contributed by atoms with Crippen LogP contribution in [0.5, 0.6) is 5.88 Å². The summed E-state index contributed by atoms with van der Waals surface area (Å²) >= 11 is 0. The van der Waals surface area contributed by atoms with Gasteiger partial charge in [-0.25, -0.2) is 4.98 Å². The van der Waals surface area contributed by atoms with E-state index in [1.54, 1.807) is 0 Å².